The first-order chi connectivity index (χ1) is 12.8. The number of unbranched alkanes of at least 4 members (excludes halogenated alkanes) is 1. The number of benzene rings is 1. The third-order valence-electron chi connectivity index (χ3n) is 4.21. The number of pyridine rings is 1. The van der Waals surface area contributed by atoms with Crippen LogP contribution in [-0.4, -0.2) is 28.5 Å². The Morgan fingerprint density at radius 2 is 1.77 bits per heavy atom. The maximum absolute atomic E-state index is 4.78. The minimum Gasteiger partial charge on any atom is -0.366 e. The van der Waals surface area contributed by atoms with Crippen molar-refractivity contribution in [3.8, 4) is 11.4 Å². The number of nitrogens with zero attached hydrogens (tertiary/aromatic N) is 4. The molecule has 26 heavy (non-hydrogen) atoms. The van der Waals surface area contributed by atoms with E-state index in [2.05, 4.69) is 29.2 Å². The van der Waals surface area contributed by atoms with Crippen molar-refractivity contribution in [1.29, 1.82) is 0 Å². The van der Waals surface area contributed by atoms with Crippen molar-refractivity contribution in [3.63, 3.8) is 0 Å². The molecule has 0 saturated heterocycles. The number of nitrogens with one attached hydrogen (secondary N) is 1. The van der Waals surface area contributed by atoms with Crippen LogP contribution in [0.2, 0.25) is 0 Å². The van der Waals surface area contributed by atoms with Gasteiger partial charge in [0.05, 0.1) is 0 Å². The highest BCUT2D eigenvalue weighted by atomic mass is 15.2. The van der Waals surface area contributed by atoms with Gasteiger partial charge in [-0.15, -0.1) is 0 Å². The van der Waals surface area contributed by atoms with E-state index in [1.807, 2.05) is 48.5 Å². The van der Waals surface area contributed by atoms with Gasteiger partial charge in [0.25, 0.3) is 0 Å². The van der Waals surface area contributed by atoms with Gasteiger partial charge in [0.1, 0.15) is 11.6 Å². The van der Waals surface area contributed by atoms with E-state index in [0.717, 1.165) is 42.4 Å². The molecule has 2 heterocycles. The molecule has 1 N–H and O–H groups in total. The predicted octanol–water partition coefficient (Wildman–Crippen LogP) is 4.39. The quantitative estimate of drug-likeness (QED) is 0.655. The number of aromatic nitrogens is 3. The van der Waals surface area contributed by atoms with Crippen molar-refractivity contribution in [2.75, 3.05) is 23.8 Å². The summed E-state index contributed by atoms with van der Waals surface area (Å²) in [7, 11) is 2.08. The molecule has 0 amide bonds. The van der Waals surface area contributed by atoms with E-state index >= 15 is 0 Å². The Labute approximate surface area is 155 Å². The van der Waals surface area contributed by atoms with Gasteiger partial charge in [-0.25, -0.2) is 9.97 Å². The van der Waals surface area contributed by atoms with Crippen LogP contribution in [0.15, 0.2) is 60.9 Å². The summed E-state index contributed by atoms with van der Waals surface area (Å²) in [6.07, 6.45) is 5.90. The molecule has 0 bridgehead atoms. The van der Waals surface area contributed by atoms with Crippen LogP contribution in [0.3, 0.4) is 0 Å². The Bertz CT molecular complexity index is 805. The highest BCUT2D eigenvalue weighted by molar-refractivity contribution is 5.61. The van der Waals surface area contributed by atoms with Crippen LogP contribution >= 0.6 is 0 Å². The van der Waals surface area contributed by atoms with Crippen LogP contribution in [0.1, 0.15) is 25.3 Å². The molecule has 5 heteroatoms. The summed E-state index contributed by atoms with van der Waals surface area (Å²) < 4.78 is 0. The zero-order valence-corrected chi connectivity index (χ0v) is 15.4. The molecule has 0 atom stereocenters. The fourth-order valence-electron chi connectivity index (χ4n) is 2.64. The smallest absolute Gasteiger partial charge is 0.163 e. The fraction of sp³-hybridized carbons (Fsp3) is 0.286. The first kappa shape index (κ1) is 17.9. The monoisotopic (exact) mass is 347 g/mol. The van der Waals surface area contributed by atoms with Crippen molar-refractivity contribution in [2.24, 2.45) is 0 Å². The lowest BCUT2D eigenvalue weighted by atomic mass is 10.2. The lowest BCUT2D eigenvalue weighted by Gasteiger charge is -2.19. The van der Waals surface area contributed by atoms with Crippen molar-refractivity contribution in [2.45, 2.75) is 26.3 Å². The van der Waals surface area contributed by atoms with E-state index in [1.165, 1.54) is 5.56 Å². The Kier molecular flexibility index (Phi) is 6.14. The Morgan fingerprint density at radius 1 is 1.00 bits per heavy atom. The molecule has 3 aromatic rings. The number of rotatable bonds is 8. The number of hydrogen-bond donors (Lipinski definition) is 1. The van der Waals surface area contributed by atoms with E-state index in [0.29, 0.717) is 6.54 Å². The molecular formula is C21H25N5. The fourth-order valence-corrected chi connectivity index (χ4v) is 2.64. The van der Waals surface area contributed by atoms with E-state index in [9.17, 15) is 0 Å². The molecule has 0 fully saturated rings. The molecule has 5 nitrogen and oxygen atoms in total. The molecule has 0 aliphatic heterocycles. The molecule has 0 spiro atoms. The summed E-state index contributed by atoms with van der Waals surface area (Å²) in [5, 5.41) is 3.42. The van der Waals surface area contributed by atoms with E-state index in [4.69, 9.17) is 9.97 Å². The molecule has 0 aliphatic rings. The van der Waals surface area contributed by atoms with Gasteiger partial charge in [0.15, 0.2) is 5.82 Å². The first-order valence-corrected chi connectivity index (χ1v) is 9.04. The predicted molar refractivity (Wildman–Crippen MR) is 107 cm³/mol. The van der Waals surface area contributed by atoms with Crippen LogP contribution in [0.4, 0.5) is 11.6 Å². The molecular weight excluding hydrogens is 322 g/mol. The summed E-state index contributed by atoms with van der Waals surface area (Å²) in [6.45, 7) is 3.88. The summed E-state index contributed by atoms with van der Waals surface area (Å²) in [5.41, 5.74) is 2.19. The van der Waals surface area contributed by atoms with Crippen LogP contribution < -0.4 is 10.2 Å². The van der Waals surface area contributed by atoms with Gasteiger partial charge in [-0.3, -0.25) is 4.98 Å². The van der Waals surface area contributed by atoms with Gasteiger partial charge >= 0.3 is 0 Å². The summed E-state index contributed by atoms with van der Waals surface area (Å²) in [5.74, 6) is 2.50. The highest BCUT2D eigenvalue weighted by Gasteiger charge is 2.10. The Balaban J connectivity index is 1.87. The maximum atomic E-state index is 4.78. The van der Waals surface area contributed by atoms with Gasteiger partial charge in [0.2, 0.25) is 0 Å². The van der Waals surface area contributed by atoms with Gasteiger partial charge in [-0.1, -0.05) is 43.7 Å². The summed E-state index contributed by atoms with van der Waals surface area (Å²) >= 11 is 0. The molecule has 0 unspecified atom stereocenters. The van der Waals surface area contributed by atoms with E-state index in [-0.39, 0.29) is 0 Å². The average Bonchev–Trinajstić information content (AvgIpc) is 2.71. The third-order valence-corrected chi connectivity index (χ3v) is 4.21. The van der Waals surface area contributed by atoms with Crippen molar-refractivity contribution in [1.82, 2.24) is 15.0 Å². The average molecular weight is 347 g/mol. The summed E-state index contributed by atoms with van der Waals surface area (Å²) in [6, 6.07) is 16.1. The molecule has 0 saturated carbocycles. The van der Waals surface area contributed by atoms with Crippen LogP contribution in [0.5, 0.6) is 0 Å². The van der Waals surface area contributed by atoms with Crippen molar-refractivity contribution < 1.29 is 0 Å². The van der Waals surface area contributed by atoms with Gasteiger partial charge < -0.3 is 10.2 Å². The lowest BCUT2D eigenvalue weighted by Crippen LogP contribution is -2.20. The lowest BCUT2D eigenvalue weighted by molar-refractivity contribution is 0.759. The standard InChI is InChI=1S/C21H25N5/c1-3-4-14-26(2)20-15-19(23-16-17-10-12-22-13-11-17)24-21(25-20)18-8-6-5-7-9-18/h5-13,15H,3-4,14,16H2,1-2H3,(H,23,24,25). The minimum atomic E-state index is 0.700. The molecule has 1 aromatic carbocycles. The molecule has 0 radical (unpaired) electrons. The summed E-state index contributed by atoms with van der Waals surface area (Å²) in [4.78, 5) is 15.7. The van der Waals surface area contributed by atoms with Crippen molar-refractivity contribution in [3.05, 3.63) is 66.5 Å². The highest BCUT2D eigenvalue weighted by Crippen LogP contribution is 2.22. The maximum Gasteiger partial charge on any atom is 0.163 e. The van der Waals surface area contributed by atoms with Gasteiger partial charge in [-0.2, -0.15) is 0 Å². The van der Waals surface area contributed by atoms with Crippen LogP contribution in [-0.2, 0) is 6.54 Å². The van der Waals surface area contributed by atoms with Crippen LogP contribution in [0, 0.1) is 0 Å². The van der Waals surface area contributed by atoms with Crippen molar-refractivity contribution >= 4 is 11.6 Å². The Morgan fingerprint density at radius 3 is 2.50 bits per heavy atom. The SMILES string of the molecule is CCCCN(C)c1cc(NCc2ccncc2)nc(-c2ccccc2)n1. The van der Waals surface area contributed by atoms with E-state index < -0.39 is 0 Å². The zero-order valence-electron chi connectivity index (χ0n) is 15.4. The molecule has 0 aliphatic carbocycles. The topological polar surface area (TPSA) is 53.9 Å². The zero-order chi connectivity index (χ0) is 18.2. The third kappa shape index (κ3) is 4.79. The normalized spacial score (nSPS) is 10.5. The number of anilines is 2. The van der Waals surface area contributed by atoms with Crippen LogP contribution in [0.25, 0.3) is 11.4 Å². The first-order valence-electron chi connectivity index (χ1n) is 9.04. The van der Waals surface area contributed by atoms with Gasteiger partial charge in [0, 0.05) is 44.2 Å². The Hall–Kier alpha value is -2.95. The second-order valence-electron chi connectivity index (χ2n) is 6.29. The van der Waals surface area contributed by atoms with E-state index in [1.54, 1.807) is 12.4 Å². The molecule has 134 valence electrons. The largest absolute Gasteiger partial charge is 0.366 e. The second-order valence-corrected chi connectivity index (χ2v) is 6.29. The number of hydrogen-bond acceptors (Lipinski definition) is 5. The second kappa shape index (κ2) is 8.94. The van der Waals surface area contributed by atoms with Gasteiger partial charge in [-0.05, 0) is 24.1 Å². The molecule has 3 rings (SSSR count). The minimum absolute atomic E-state index is 0.700. The molecule has 2 aromatic heterocycles.